The van der Waals surface area contributed by atoms with Gasteiger partial charge in [-0.15, -0.1) is 0 Å². The molecule has 10 heteroatoms. The first-order valence-electron chi connectivity index (χ1n) is 8.84. The minimum absolute atomic E-state index is 0.00163. The van der Waals surface area contributed by atoms with Crippen LogP contribution in [0.25, 0.3) is 0 Å². The van der Waals surface area contributed by atoms with Crippen LogP contribution < -0.4 is 15.2 Å². The summed E-state index contributed by atoms with van der Waals surface area (Å²) in [7, 11) is 0. The van der Waals surface area contributed by atoms with E-state index in [2.05, 4.69) is 4.98 Å². The summed E-state index contributed by atoms with van der Waals surface area (Å²) in [6.07, 6.45) is -1.80. The molecule has 0 saturated carbocycles. The predicted octanol–water partition coefficient (Wildman–Crippen LogP) is 3.65. The zero-order valence-corrected chi connectivity index (χ0v) is 16.1. The summed E-state index contributed by atoms with van der Waals surface area (Å²) in [5.41, 5.74) is 5.35. The second-order valence-corrected chi connectivity index (χ2v) is 6.43. The summed E-state index contributed by atoms with van der Waals surface area (Å²) < 4.78 is 39.9. The molecule has 0 fully saturated rings. The molecule has 0 radical (unpaired) electrons. The molecule has 0 saturated heterocycles. The van der Waals surface area contributed by atoms with E-state index in [1.54, 1.807) is 6.07 Å². The maximum atomic E-state index is 14.6. The Morgan fingerprint density at radius 1 is 1.06 bits per heavy atom. The van der Waals surface area contributed by atoms with E-state index < -0.39 is 41.0 Å². The van der Waals surface area contributed by atoms with Gasteiger partial charge in [-0.1, -0.05) is 24.3 Å². The van der Waals surface area contributed by atoms with E-state index in [1.807, 2.05) is 0 Å². The number of halogens is 2. The molecule has 2 aromatic carbocycles. The van der Waals surface area contributed by atoms with Crippen LogP contribution in [-0.2, 0) is 4.79 Å². The highest BCUT2D eigenvalue weighted by atomic mass is 19.1. The first kappa shape index (κ1) is 21.7. The zero-order valence-electron chi connectivity index (χ0n) is 16.1. The van der Waals surface area contributed by atoms with Crippen molar-refractivity contribution in [2.24, 2.45) is 5.73 Å². The van der Waals surface area contributed by atoms with Crippen molar-refractivity contribution in [3.63, 3.8) is 0 Å². The number of benzene rings is 2. The Morgan fingerprint density at radius 2 is 1.61 bits per heavy atom. The lowest BCUT2D eigenvalue weighted by Gasteiger charge is -2.13. The fraction of sp³-hybridized carbons (Fsp3) is 0.0952. The number of carboxylic acids is 1. The number of nitrogens with one attached hydrogen (secondary N) is 1. The molecule has 3 aromatic rings. The predicted molar refractivity (Wildman–Crippen MR) is 106 cm³/mol. The summed E-state index contributed by atoms with van der Waals surface area (Å²) >= 11 is 0. The molecular formula is C21H17F2N3O5. The molecule has 0 spiro atoms. The highest BCUT2D eigenvalue weighted by Gasteiger charge is 2.22. The Hall–Kier alpha value is -4.05. The minimum atomic E-state index is -1.80. The molecule has 31 heavy (non-hydrogen) atoms. The third-order valence-electron chi connectivity index (χ3n) is 4.22. The second kappa shape index (κ2) is 8.76. The number of amidine groups is 1. The second-order valence-electron chi connectivity index (χ2n) is 6.43. The number of carboxylic acid groups (broad SMARTS) is 1. The number of hydrogen-bond acceptors (Lipinski definition) is 6. The van der Waals surface area contributed by atoms with E-state index in [4.69, 9.17) is 25.7 Å². The number of pyridine rings is 1. The van der Waals surface area contributed by atoms with Gasteiger partial charge in [0.05, 0.1) is 0 Å². The number of aliphatic carboxylic acids is 1. The summed E-state index contributed by atoms with van der Waals surface area (Å²) in [6, 6.07) is 11.3. The van der Waals surface area contributed by atoms with Crippen molar-refractivity contribution in [1.82, 2.24) is 4.98 Å². The van der Waals surface area contributed by atoms with Gasteiger partial charge in [-0.05, 0) is 36.8 Å². The van der Waals surface area contributed by atoms with Gasteiger partial charge in [0.25, 0.3) is 11.8 Å². The molecule has 1 aromatic heterocycles. The first-order valence-corrected chi connectivity index (χ1v) is 8.84. The smallest absolute Gasteiger partial charge is 0.337 e. The third kappa shape index (κ3) is 4.75. The largest absolute Gasteiger partial charge is 0.479 e. The molecule has 160 valence electrons. The van der Waals surface area contributed by atoms with Crippen LogP contribution >= 0.6 is 0 Å². The number of nitrogens with two attached hydrogens (primary N) is 1. The lowest BCUT2D eigenvalue weighted by Crippen LogP contribution is -2.11. The summed E-state index contributed by atoms with van der Waals surface area (Å²) in [4.78, 5) is 14.7. The molecule has 0 bridgehead atoms. The third-order valence-corrected chi connectivity index (χ3v) is 4.22. The molecule has 1 heterocycles. The maximum Gasteiger partial charge on any atom is 0.337 e. The average Bonchev–Trinajstić information content (AvgIpc) is 2.75. The van der Waals surface area contributed by atoms with Crippen LogP contribution in [0, 0.1) is 24.0 Å². The van der Waals surface area contributed by atoms with E-state index in [9.17, 15) is 18.7 Å². The summed E-state index contributed by atoms with van der Waals surface area (Å²) in [6.45, 7) is 1.17. The van der Waals surface area contributed by atoms with Crippen molar-refractivity contribution in [1.29, 1.82) is 5.41 Å². The van der Waals surface area contributed by atoms with Gasteiger partial charge < -0.3 is 25.4 Å². The molecule has 0 aliphatic carbocycles. The fourth-order valence-corrected chi connectivity index (χ4v) is 2.58. The van der Waals surface area contributed by atoms with Crippen LogP contribution in [-0.4, -0.2) is 27.0 Å². The Bertz CT molecular complexity index is 1170. The van der Waals surface area contributed by atoms with E-state index in [1.165, 1.54) is 49.4 Å². The number of hydrogen-bond donors (Lipinski definition) is 4. The van der Waals surface area contributed by atoms with Gasteiger partial charge in [-0.3, -0.25) is 5.41 Å². The fourth-order valence-electron chi connectivity index (χ4n) is 2.58. The van der Waals surface area contributed by atoms with Crippen LogP contribution in [0.4, 0.5) is 8.78 Å². The van der Waals surface area contributed by atoms with E-state index in [-0.39, 0.29) is 22.9 Å². The monoisotopic (exact) mass is 429 g/mol. The molecule has 0 amide bonds. The topological polar surface area (TPSA) is 139 Å². The normalized spacial score (nSPS) is 11.6. The standard InChI is InChI=1S/C21H17F2N3O5/c1-10-15(22)19(30-13-6-2-4-11(8-13)17(27)21(28)29)26-20(16(10)23)31-14-7-3-5-12(9-14)18(24)25/h2-9,17,27H,1H3,(H3,24,25)(H,28,29). The zero-order chi connectivity index (χ0) is 22.7. The van der Waals surface area contributed by atoms with Crippen molar-refractivity contribution >= 4 is 11.8 Å². The van der Waals surface area contributed by atoms with Gasteiger partial charge in [0.2, 0.25) is 0 Å². The molecule has 1 atom stereocenters. The number of carbonyl (C=O) groups is 1. The highest BCUT2D eigenvalue weighted by molar-refractivity contribution is 5.95. The molecule has 0 aliphatic heterocycles. The van der Waals surface area contributed by atoms with Crippen LogP contribution in [0.15, 0.2) is 48.5 Å². The van der Waals surface area contributed by atoms with Crippen LogP contribution in [0.2, 0.25) is 0 Å². The van der Waals surface area contributed by atoms with Gasteiger partial charge in [0, 0.05) is 11.1 Å². The lowest BCUT2D eigenvalue weighted by molar-refractivity contribution is -0.146. The summed E-state index contributed by atoms with van der Waals surface area (Å²) in [5.74, 6) is -4.92. The number of nitrogens with zero attached hydrogens (tertiary/aromatic N) is 1. The Balaban J connectivity index is 1.95. The Kier molecular flexibility index (Phi) is 6.12. The quantitative estimate of drug-likeness (QED) is 0.332. The van der Waals surface area contributed by atoms with Crippen LogP contribution in [0.3, 0.4) is 0 Å². The molecular weight excluding hydrogens is 412 g/mol. The number of aromatic nitrogens is 1. The van der Waals surface area contributed by atoms with Gasteiger partial charge in [-0.25, -0.2) is 13.6 Å². The average molecular weight is 429 g/mol. The first-order chi connectivity index (χ1) is 14.7. The maximum absolute atomic E-state index is 14.6. The number of aliphatic hydroxyl groups is 1. The van der Waals surface area contributed by atoms with Crippen molar-refractivity contribution < 1.29 is 33.3 Å². The van der Waals surface area contributed by atoms with Crippen molar-refractivity contribution in [2.75, 3.05) is 0 Å². The van der Waals surface area contributed by atoms with E-state index in [0.29, 0.717) is 5.56 Å². The molecule has 8 nitrogen and oxygen atoms in total. The minimum Gasteiger partial charge on any atom is -0.479 e. The van der Waals surface area contributed by atoms with Gasteiger partial charge in [0.1, 0.15) is 17.3 Å². The van der Waals surface area contributed by atoms with Crippen molar-refractivity contribution in [2.45, 2.75) is 13.0 Å². The Morgan fingerprint density at radius 3 is 2.16 bits per heavy atom. The number of ether oxygens (including phenoxy) is 2. The van der Waals surface area contributed by atoms with Crippen molar-refractivity contribution in [3.05, 3.63) is 76.9 Å². The number of nitrogen functional groups attached to an aromatic ring is 1. The van der Waals surface area contributed by atoms with Crippen LogP contribution in [0.1, 0.15) is 22.8 Å². The molecule has 0 aliphatic rings. The van der Waals surface area contributed by atoms with Gasteiger partial charge >= 0.3 is 5.97 Å². The van der Waals surface area contributed by atoms with Crippen LogP contribution in [0.5, 0.6) is 23.3 Å². The van der Waals surface area contributed by atoms with E-state index in [0.717, 1.165) is 0 Å². The highest BCUT2D eigenvalue weighted by Crippen LogP contribution is 2.33. The van der Waals surface area contributed by atoms with Gasteiger partial charge in [0.15, 0.2) is 17.7 Å². The lowest BCUT2D eigenvalue weighted by atomic mass is 10.1. The Labute approximate surface area is 175 Å². The number of aliphatic hydroxyl groups excluding tert-OH is 1. The summed E-state index contributed by atoms with van der Waals surface area (Å²) in [5, 5.41) is 26.0. The molecule has 1 unspecified atom stereocenters. The van der Waals surface area contributed by atoms with E-state index >= 15 is 0 Å². The van der Waals surface area contributed by atoms with Crippen molar-refractivity contribution in [3.8, 4) is 23.3 Å². The number of rotatable bonds is 7. The van der Waals surface area contributed by atoms with Gasteiger partial charge in [-0.2, -0.15) is 4.98 Å². The SMILES string of the molecule is Cc1c(F)c(Oc2cccc(C(=N)N)c2)nc(Oc2cccc(C(O)C(=O)O)c2)c1F. The molecule has 5 N–H and O–H groups in total. The molecule has 3 rings (SSSR count).